The predicted octanol–water partition coefficient (Wildman–Crippen LogP) is 4.63. The fourth-order valence-corrected chi connectivity index (χ4v) is 3.82. The predicted molar refractivity (Wildman–Crippen MR) is 127 cm³/mol. The van der Waals surface area contributed by atoms with E-state index in [1.54, 1.807) is 0 Å². The van der Waals surface area contributed by atoms with Crippen LogP contribution >= 0.6 is 7.82 Å². The van der Waals surface area contributed by atoms with Gasteiger partial charge in [0.1, 0.15) is 6.10 Å². The number of hydrogen-bond acceptors (Lipinski definition) is 6. The lowest BCUT2D eigenvalue weighted by Gasteiger charge is -2.14. The van der Waals surface area contributed by atoms with Gasteiger partial charge in [-0.15, -0.1) is 0 Å². The molecule has 0 aromatic rings. The summed E-state index contributed by atoms with van der Waals surface area (Å²) in [4.78, 5) is 21.1. The van der Waals surface area contributed by atoms with Crippen molar-refractivity contribution in [1.82, 2.24) is 5.32 Å². The van der Waals surface area contributed by atoms with Crippen molar-refractivity contribution in [2.24, 2.45) is 0 Å². The van der Waals surface area contributed by atoms with E-state index in [0.29, 0.717) is 6.42 Å². The summed E-state index contributed by atoms with van der Waals surface area (Å²) in [6.07, 6.45) is 19.5. The van der Waals surface area contributed by atoms with Gasteiger partial charge in [-0.25, -0.2) is 4.57 Å². The number of aliphatic hydroxyl groups excluding tert-OH is 2. The van der Waals surface area contributed by atoms with E-state index in [-0.39, 0.29) is 19.1 Å². The van der Waals surface area contributed by atoms with Crippen LogP contribution in [-0.4, -0.2) is 53.5 Å². The molecule has 8 nitrogen and oxygen atoms in total. The molecule has 0 heterocycles. The van der Waals surface area contributed by atoms with Crippen LogP contribution in [0.2, 0.25) is 0 Å². The van der Waals surface area contributed by atoms with E-state index in [1.165, 1.54) is 57.8 Å². The molecule has 1 amide bonds. The summed E-state index contributed by atoms with van der Waals surface area (Å²) >= 11 is 0. The molecule has 2 atom stereocenters. The Balaban J connectivity index is 3.44. The Morgan fingerprint density at radius 1 is 0.938 bits per heavy atom. The second kappa shape index (κ2) is 22.1. The second-order valence-corrected chi connectivity index (χ2v) is 9.57. The van der Waals surface area contributed by atoms with E-state index in [4.69, 9.17) is 10.2 Å². The highest BCUT2D eigenvalue weighted by Gasteiger charge is 2.22. The van der Waals surface area contributed by atoms with Gasteiger partial charge < -0.3 is 20.4 Å². The maximum Gasteiger partial charge on any atom is 0.472 e. The molecule has 9 heteroatoms. The average molecular weight is 480 g/mol. The third-order valence-corrected chi connectivity index (χ3v) is 5.97. The molecule has 0 bridgehead atoms. The van der Waals surface area contributed by atoms with Crippen LogP contribution < -0.4 is 5.32 Å². The molecule has 0 aliphatic carbocycles. The first kappa shape index (κ1) is 31.2. The van der Waals surface area contributed by atoms with E-state index >= 15 is 0 Å². The second-order valence-electron chi connectivity index (χ2n) is 8.12. The molecule has 190 valence electrons. The van der Waals surface area contributed by atoms with Gasteiger partial charge in [-0.1, -0.05) is 70.4 Å². The number of aliphatic hydroxyl groups is 2. The third kappa shape index (κ3) is 22.4. The standard InChI is InChI=1S/C23H46NO7P/c1-2-3-4-5-6-7-8-9-10-11-12-13-14-15-16-17-23(27)24-18-19-30-32(28,29)31-21-22(26)20-25/h9-10,22,25-26H,2-8,11-21H2,1H3,(H,24,27)(H,28,29). The van der Waals surface area contributed by atoms with Crippen molar-refractivity contribution in [2.45, 2.75) is 103 Å². The van der Waals surface area contributed by atoms with E-state index in [9.17, 15) is 14.3 Å². The van der Waals surface area contributed by atoms with Crippen LogP contribution in [0, 0.1) is 0 Å². The van der Waals surface area contributed by atoms with Crippen LogP contribution in [0.15, 0.2) is 12.2 Å². The Bertz CT molecular complexity index is 517. The molecule has 0 aromatic carbocycles. The zero-order chi connectivity index (χ0) is 23.9. The molecule has 32 heavy (non-hydrogen) atoms. The van der Waals surface area contributed by atoms with Crippen molar-refractivity contribution >= 4 is 13.7 Å². The quantitative estimate of drug-likeness (QED) is 0.0956. The van der Waals surface area contributed by atoms with Gasteiger partial charge in [-0.2, -0.15) is 0 Å². The lowest BCUT2D eigenvalue weighted by Crippen LogP contribution is -2.27. The maximum absolute atomic E-state index is 11.8. The lowest BCUT2D eigenvalue weighted by atomic mass is 10.1. The first-order valence-electron chi connectivity index (χ1n) is 12.2. The number of allylic oxidation sites excluding steroid dienone is 2. The van der Waals surface area contributed by atoms with Crippen LogP contribution in [0.4, 0.5) is 0 Å². The summed E-state index contributed by atoms with van der Waals surface area (Å²) in [5.41, 5.74) is 0. The van der Waals surface area contributed by atoms with Gasteiger partial charge >= 0.3 is 7.82 Å². The lowest BCUT2D eigenvalue weighted by molar-refractivity contribution is -0.121. The molecule has 0 aromatic heterocycles. The molecule has 0 aliphatic rings. The molecule has 0 saturated heterocycles. The minimum absolute atomic E-state index is 0.0976. The normalized spacial score (nSPS) is 14.5. The fourth-order valence-electron chi connectivity index (χ4n) is 3.07. The molecule has 0 spiro atoms. The van der Waals surface area contributed by atoms with Crippen LogP contribution in [-0.2, 0) is 18.4 Å². The third-order valence-electron chi connectivity index (χ3n) is 4.99. The van der Waals surface area contributed by atoms with Gasteiger partial charge in [0, 0.05) is 13.0 Å². The number of unbranched alkanes of at least 4 members (excludes halogenated alkanes) is 11. The zero-order valence-corrected chi connectivity index (χ0v) is 20.8. The number of carbonyl (C=O) groups is 1. The van der Waals surface area contributed by atoms with E-state index in [2.05, 4.69) is 33.4 Å². The van der Waals surface area contributed by atoms with Crippen molar-refractivity contribution < 1.29 is 33.5 Å². The number of phosphoric acid groups is 1. The minimum atomic E-state index is -4.30. The topological polar surface area (TPSA) is 125 Å². The summed E-state index contributed by atoms with van der Waals surface area (Å²) in [7, 11) is -4.30. The molecular formula is C23H46NO7P. The zero-order valence-electron chi connectivity index (χ0n) is 19.9. The Hall–Kier alpha value is -0.760. The first-order valence-corrected chi connectivity index (χ1v) is 13.7. The van der Waals surface area contributed by atoms with Crippen molar-refractivity contribution in [3.8, 4) is 0 Å². The number of carbonyl (C=O) groups excluding carboxylic acids is 1. The van der Waals surface area contributed by atoms with Crippen LogP contribution in [0.25, 0.3) is 0 Å². The van der Waals surface area contributed by atoms with Gasteiger partial charge in [0.15, 0.2) is 0 Å². The molecule has 0 aliphatic heterocycles. The van der Waals surface area contributed by atoms with Gasteiger partial charge in [-0.05, 0) is 32.1 Å². The molecule has 2 unspecified atom stereocenters. The Labute approximate surface area is 194 Å². The molecule has 0 radical (unpaired) electrons. The Kier molecular flexibility index (Phi) is 21.5. The summed E-state index contributed by atoms with van der Waals surface area (Å²) in [6, 6.07) is 0. The number of nitrogens with one attached hydrogen (secondary N) is 1. The SMILES string of the molecule is CCCCCCCCC=CCCCCCCCC(=O)NCCOP(=O)(O)OCC(O)CO. The highest BCUT2D eigenvalue weighted by atomic mass is 31.2. The van der Waals surface area contributed by atoms with Crippen molar-refractivity contribution in [2.75, 3.05) is 26.4 Å². The largest absolute Gasteiger partial charge is 0.472 e. The van der Waals surface area contributed by atoms with E-state index < -0.39 is 27.1 Å². The highest BCUT2D eigenvalue weighted by molar-refractivity contribution is 7.47. The van der Waals surface area contributed by atoms with Gasteiger partial charge in [0.2, 0.25) is 5.91 Å². The average Bonchev–Trinajstić information content (AvgIpc) is 2.77. The molecule has 0 saturated carbocycles. The monoisotopic (exact) mass is 479 g/mol. The van der Waals surface area contributed by atoms with Gasteiger partial charge in [0.25, 0.3) is 0 Å². The number of rotatable bonds is 23. The minimum Gasteiger partial charge on any atom is -0.394 e. The summed E-state index contributed by atoms with van der Waals surface area (Å²) in [6.45, 7) is 1.08. The van der Waals surface area contributed by atoms with Gasteiger partial charge in [0.05, 0.1) is 19.8 Å². The van der Waals surface area contributed by atoms with Gasteiger partial charge in [-0.3, -0.25) is 13.8 Å². The molecular weight excluding hydrogens is 433 g/mol. The fraction of sp³-hybridized carbons (Fsp3) is 0.870. The van der Waals surface area contributed by atoms with Crippen LogP contribution in [0.1, 0.15) is 96.8 Å². The van der Waals surface area contributed by atoms with E-state index in [0.717, 1.165) is 25.7 Å². The Morgan fingerprint density at radius 2 is 1.50 bits per heavy atom. The van der Waals surface area contributed by atoms with Crippen LogP contribution in [0.3, 0.4) is 0 Å². The smallest absolute Gasteiger partial charge is 0.394 e. The van der Waals surface area contributed by atoms with Crippen molar-refractivity contribution in [3.63, 3.8) is 0 Å². The number of amides is 1. The highest BCUT2D eigenvalue weighted by Crippen LogP contribution is 2.42. The summed E-state index contributed by atoms with van der Waals surface area (Å²) in [5.74, 6) is -0.115. The van der Waals surface area contributed by atoms with Crippen molar-refractivity contribution in [1.29, 1.82) is 0 Å². The molecule has 0 rings (SSSR count). The number of phosphoric ester groups is 1. The maximum atomic E-state index is 11.8. The van der Waals surface area contributed by atoms with Crippen LogP contribution in [0.5, 0.6) is 0 Å². The summed E-state index contributed by atoms with van der Waals surface area (Å²) < 4.78 is 20.7. The molecule has 4 N–H and O–H groups in total. The molecule has 0 fully saturated rings. The summed E-state index contributed by atoms with van der Waals surface area (Å²) in [5, 5.41) is 20.3. The van der Waals surface area contributed by atoms with E-state index in [1.807, 2.05) is 0 Å². The number of hydrogen-bond donors (Lipinski definition) is 4. The Morgan fingerprint density at radius 3 is 2.09 bits per heavy atom. The van der Waals surface area contributed by atoms with Crippen molar-refractivity contribution in [3.05, 3.63) is 12.2 Å². The first-order chi connectivity index (χ1) is 15.4.